The molecule has 0 radical (unpaired) electrons. The maximum absolute atomic E-state index is 6.09. The molecule has 20 heavy (non-hydrogen) atoms. The lowest BCUT2D eigenvalue weighted by atomic mass is 9.93. The molecule has 7 heteroatoms. The molecule has 0 bridgehead atoms. The number of aryl methyl sites for hydroxylation is 1. The summed E-state index contributed by atoms with van der Waals surface area (Å²) in [5.74, 6) is 0. The van der Waals surface area contributed by atoms with Gasteiger partial charge in [-0.25, -0.2) is 9.67 Å². The van der Waals surface area contributed by atoms with E-state index in [0.717, 1.165) is 22.4 Å². The number of halogens is 1. The highest BCUT2D eigenvalue weighted by atomic mass is 35.5. The summed E-state index contributed by atoms with van der Waals surface area (Å²) in [7, 11) is 1.83. The van der Waals surface area contributed by atoms with Crippen LogP contribution in [0.1, 0.15) is 26.5 Å². The van der Waals surface area contributed by atoms with Crippen LogP contribution in [0.25, 0.3) is 16.7 Å². The van der Waals surface area contributed by atoms with Crippen molar-refractivity contribution >= 4 is 22.6 Å². The quantitative estimate of drug-likeness (QED) is 0.646. The Labute approximate surface area is 121 Å². The average Bonchev–Trinajstić information content (AvgIpc) is 2.96. The SMILES string of the molecule is Cn1ncc2c(-n3cc(C(C)(C)C)nn3)cc(Cl)nc21. The first-order valence-electron chi connectivity index (χ1n) is 6.28. The van der Waals surface area contributed by atoms with E-state index in [1.807, 2.05) is 13.2 Å². The van der Waals surface area contributed by atoms with E-state index >= 15 is 0 Å². The van der Waals surface area contributed by atoms with Crippen molar-refractivity contribution < 1.29 is 0 Å². The van der Waals surface area contributed by atoms with Crippen molar-refractivity contribution in [1.82, 2.24) is 29.8 Å². The number of aromatic nitrogens is 6. The molecule has 3 aromatic heterocycles. The predicted molar refractivity (Wildman–Crippen MR) is 77.1 cm³/mol. The van der Waals surface area contributed by atoms with Gasteiger partial charge in [-0.05, 0) is 0 Å². The molecule has 3 heterocycles. The zero-order valence-electron chi connectivity index (χ0n) is 11.8. The molecule has 0 fully saturated rings. The minimum atomic E-state index is -0.0525. The number of fused-ring (bicyclic) bond motifs is 1. The Kier molecular flexibility index (Phi) is 2.79. The minimum absolute atomic E-state index is 0.0525. The van der Waals surface area contributed by atoms with Crippen LogP contribution in [0.3, 0.4) is 0 Å². The van der Waals surface area contributed by atoms with Crippen molar-refractivity contribution in [3.8, 4) is 5.69 Å². The van der Waals surface area contributed by atoms with Crippen LogP contribution in [-0.2, 0) is 12.5 Å². The summed E-state index contributed by atoms with van der Waals surface area (Å²) < 4.78 is 3.41. The summed E-state index contributed by atoms with van der Waals surface area (Å²) in [4.78, 5) is 4.28. The summed E-state index contributed by atoms with van der Waals surface area (Å²) in [6.07, 6.45) is 3.67. The first-order chi connectivity index (χ1) is 9.36. The van der Waals surface area contributed by atoms with Gasteiger partial charge in [0.1, 0.15) is 5.15 Å². The Morgan fingerprint density at radius 3 is 2.65 bits per heavy atom. The predicted octanol–water partition coefficient (Wildman–Crippen LogP) is 2.50. The Bertz CT molecular complexity index is 780. The summed E-state index contributed by atoms with van der Waals surface area (Å²) >= 11 is 6.09. The topological polar surface area (TPSA) is 61.4 Å². The van der Waals surface area contributed by atoms with E-state index in [1.165, 1.54) is 0 Å². The fraction of sp³-hybridized carbons (Fsp3) is 0.385. The van der Waals surface area contributed by atoms with Gasteiger partial charge in [-0.15, -0.1) is 5.10 Å². The van der Waals surface area contributed by atoms with Crippen LogP contribution in [-0.4, -0.2) is 29.8 Å². The van der Waals surface area contributed by atoms with E-state index in [1.54, 1.807) is 21.6 Å². The number of hydrogen-bond acceptors (Lipinski definition) is 4. The van der Waals surface area contributed by atoms with Crippen LogP contribution in [0.5, 0.6) is 0 Å². The van der Waals surface area contributed by atoms with Gasteiger partial charge in [0, 0.05) is 18.5 Å². The second-order valence-electron chi connectivity index (χ2n) is 5.77. The average molecular weight is 291 g/mol. The number of nitrogens with zero attached hydrogens (tertiary/aromatic N) is 6. The van der Waals surface area contributed by atoms with Gasteiger partial charge in [-0.2, -0.15) is 5.10 Å². The van der Waals surface area contributed by atoms with Crippen LogP contribution < -0.4 is 0 Å². The van der Waals surface area contributed by atoms with Gasteiger partial charge in [-0.1, -0.05) is 37.6 Å². The van der Waals surface area contributed by atoms with Gasteiger partial charge in [0.25, 0.3) is 0 Å². The van der Waals surface area contributed by atoms with Crippen molar-refractivity contribution in [2.45, 2.75) is 26.2 Å². The molecule has 0 spiro atoms. The largest absolute Gasteiger partial charge is 0.250 e. The molecule has 0 N–H and O–H groups in total. The molecule has 0 aliphatic heterocycles. The second kappa shape index (κ2) is 4.28. The molecule has 104 valence electrons. The molecule has 0 unspecified atom stereocenters. The van der Waals surface area contributed by atoms with Gasteiger partial charge in [0.15, 0.2) is 5.65 Å². The molecule has 0 aliphatic rings. The summed E-state index contributed by atoms with van der Waals surface area (Å²) in [6, 6.07) is 1.77. The fourth-order valence-electron chi connectivity index (χ4n) is 1.98. The lowest BCUT2D eigenvalue weighted by Gasteiger charge is -2.12. The number of rotatable bonds is 1. The van der Waals surface area contributed by atoms with E-state index in [2.05, 4.69) is 41.2 Å². The fourth-order valence-corrected chi connectivity index (χ4v) is 2.17. The van der Waals surface area contributed by atoms with Crippen LogP contribution in [0.2, 0.25) is 5.15 Å². The van der Waals surface area contributed by atoms with Crippen LogP contribution >= 0.6 is 11.6 Å². The van der Waals surface area contributed by atoms with Crippen LogP contribution in [0.4, 0.5) is 0 Å². The van der Waals surface area contributed by atoms with E-state index in [9.17, 15) is 0 Å². The van der Waals surface area contributed by atoms with E-state index in [0.29, 0.717) is 5.15 Å². The van der Waals surface area contributed by atoms with Crippen molar-refractivity contribution in [3.63, 3.8) is 0 Å². The van der Waals surface area contributed by atoms with Gasteiger partial charge < -0.3 is 0 Å². The third kappa shape index (κ3) is 2.06. The Balaban J connectivity index is 2.22. The maximum Gasteiger partial charge on any atom is 0.161 e. The molecule has 0 saturated heterocycles. The number of pyridine rings is 1. The monoisotopic (exact) mass is 290 g/mol. The molecule has 0 amide bonds. The highest BCUT2D eigenvalue weighted by Crippen LogP contribution is 2.25. The highest BCUT2D eigenvalue weighted by Gasteiger charge is 2.19. The highest BCUT2D eigenvalue weighted by molar-refractivity contribution is 6.30. The Hall–Kier alpha value is -1.95. The summed E-state index contributed by atoms with van der Waals surface area (Å²) in [5, 5.41) is 13.9. The van der Waals surface area contributed by atoms with Crippen LogP contribution in [0.15, 0.2) is 18.5 Å². The standard InChI is InChI=1S/C13H15ClN6/c1-13(2,3)10-7-20(18-17-10)9-5-11(14)16-12-8(9)6-15-19(12)4/h5-7H,1-4H3. The zero-order valence-corrected chi connectivity index (χ0v) is 12.5. The van der Waals surface area contributed by atoms with Gasteiger partial charge >= 0.3 is 0 Å². The lowest BCUT2D eigenvalue weighted by Crippen LogP contribution is -2.11. The molecule has 6 nitrogen and oxygen atoms in total. The molecule has 0 aliphatic carbocycles. The first kappa shape index (κ1) is 13.1. The molecular formula is C13H15ClN6. The van der Waals surface area contributed by atoms with Crippen molar-refractivity contribution in [3.05, 3.63) is 29.3 Å². The first-order valence-corrected chi connectivity index (χ1v) is 6.65. The van der Waals surface area contributed by atoms with Gasteiger partial charge in [-0.3, -0.25) is 4.68 Å². The lowest BCUT2D eigenvalue weighted by molar-refractivity contribution is 0.566. The molecule has 3 aromatic rings. The smallest absolute Gasteiger partial charge is 0.161 e. The molecule has 0 atom stereocenters. The normalized spacial score (nSPS) is 12.2. The van der Waals surface area contributed by atoms with E-state index in [4.69, 9.17) is 11.6 Å². The Morgan fingerprint density at radius 1 is 1.25 bits per heavy atom. The summed E-state index contributed by atoms with van der Waals surface area (Å²) in [5.41, 5.74) is 2.42. The second-order valence-corrected chi connectivity index (χ2v) is 6.16. The van der Waals surface area contributed by atoms with Crippen molar-refractivity contribution in [2.75, 3.05) is 0 Å². The zero-order chi connectivity index (χ0) is 14.5. The summed E-state index contributed by atoms with van der Waals surface area (Å²) in [6.45, 7) is 6.29. The van der Waals surface area contributed by atoms with Gasteiger partial charge in [0.05, 0.1) is 29.2 Å². The Morgan fingerprint density at radius 2 is 2.00 bits per heavy atom. The van der Waals surface area contributed by atoms with E-state index in [-0.39, 0.29) is 5.41 Å². The minimum Gasteiger partial charge on any atom is -0.250 e. The van der Waals surface area contributed by atoms with Gasteiger partial charge in [0.2, 0.25) is 0 Å². The van der Waals surface area contributed by atoms with Crippen molar-refractivity contribution in [1.29, 1.82) is 0 Å². The number of hydrogen-bond donors (Lipinski definition) is 0. The molecule has 0 saturated carbocycles. The third-order valence-electron chi connectivity index (χ3n) is 3.16. The van der Waals surface area contributed by atoms with E-state index < -0.39 is 0 Å². The van der Waals surface area contributed by atoms with Crippen molar-refractivity contribution in [2.24, 2.45) is 7.05 Å². The molecule has 0 aromatic carbocycles. The maximum atomic E-state index is 6.09. The van der Waals surface area contributed by atoms with Crippen LogP contribution in [0, 0.1) is 0 Å². The molecular weight excluding hydrogens is 276 g/mol. The molecule has 3 rings (SSSR count). The third-order valence-corrected chi connectivity index (χ3v) is 3.35.